The van der Waals surface area contributed by atoms with Gasteiger partial charge < -0.3 is 10.1 Å². The summed E-state index contributed by atoms with van der Waals surface area (Å²) in [5.74, 6) is -3.00. The van der Waals surface area contributed by atoms with Crippen molar-refractivity contribution >= 4 is 29.4 Å². The number of carbonyl (C=O) groups is 4. The molecule has 3 rings (SSSR count). The van der Waals surface area contributed by atoms with Crippen LogP contribution in [-0.4, -0.2) is 41.2 Å². The predicted molar refractivity (Wildman–Crippen MR) is 97.4 cm³/mol. The maximum Gasteiger partial charge on any atom is 0.326 e. The van der Waals surface area contributed by atoms with Crippen molar-refractivity contribution in [2.75, 3.05) is 11.9 Å². The zero-order chi connectivity index (χ0) is 20.3. The number of anilines is 1. The van der Waals surface area contributed by atoms with E-state index in [0.29, 0.717) is 24.1 Å². The summed E-state index contributed by atoms with van der Waals surface area (Å²) in [6.07, 6.45) is 3.57. The minimum absolute atomic E-state index is 0.373. The van der Waals surface area contributed by atoms with Crippen molar-refractivity contribution in [3.8, 4) is 6.07 Å². The van der Waals surface area contributed by atoms with Gasteiger partial charge >= 0.3 is 5.97 Å². The number of hydrogen-bond donors (Lipinski definition) is 1. The number of fused-ring (bicyclic) bond motifs is 1. The lowest BCUT2D eigenvalue weighted by Gasteiger charge is -2.17. The lowest BCUT2D eigenvalue weighted by atomic mass is 9.85. The summed E-state index contributed by atoms with van der Waals surface area (Å²) in [6.45, 7) is 0.880. The van der Waals surface area contributed by atoms with Crippen molar-refractivity contribution < 1.29 is 23.9 Å². The summed E-state index contributed by atoms with van der Waals surface area (Å²) in [4.78, 5) is 50.0. The van der Waals surface area contributed by atoms with Gasteiger partial charge in [0.2, 0.25) is 11.8 Å². The van der Waals surface area contributed by atoms with Crippen molar-refractivity contribution in [1.29, 1.82) is 5.26 Å². The zero-order valence-corrected chi connectivity index (χ0v) is 15.3. The number of benzene rings is 1. The van der Waals surface area contributed by atoms with Crippen LogP contribution in [0.25, 0.3) is 0 Å². The largest absolute Gasteiger partial charge is 0.451 e. The highest BCUT2D eigenvalue weighted by molar-refractivity contribution is 6.07. The molecule has 3 amide bonds. The normalized spacial score (nSPS) is 21.6. The van der Waals surface area contributed by atoms with Crippen LogP contribution in [0.5, 0.6) is 0 Å². The topological polar surface area (TPSA) is 117 Å². The average Bonchev–Trinajstić information content (AvgIpc) is 2.93. The number of nitriles is 1. The van der Waals surface area contributed by atoms with Gasteiger partial charge in [-0.3, -0.25) is 24.1 Å². The third-order valence-corrected chi connectivity index (χ3v) is 4.82. The number of nitrogens with zero attached hydrogens (tertiary/aromatic N) is 2. The summed E-state index contributed by atoms with van der Waals surface area (Å²) in [5.41, 5.74) is 0.776. The number of nitrogens with one attached hydrogen (secondary N) is 1. The maximum absolute atomic E-state index is 12.4. The van der Waals surface area contributed by atoms with Crippen LogP contribution in [0.4, 0.5) is 5.69 Å². The molecule has 8 nitrogen and oxygen atoms in total. The van der Waals surface area contributed by atoms with E-state index >= 15 is 0 Å². The molecular weight excluding hydrogens is 362 g/mol. The molecule has 0 aromatic heterocycles. The van der Waals surface area contributed by atoms with Crippen molar-refractivity contribution in [3.05, 3.63) is 42.0 Å². The van der Waals surface area contributed by atoms with Crippen molar-refractivity contribution in [2.24, 2.45) is 11.8 Å². The lowest BCUT2D eigenvalue weighted by Crippen LogP contribution is -2.39. The van der Waals surface area contributed by atoms with Gasteiger partial charge in [0.1, 0.15) is 6.54 Å². The predicted octanol–water partition coefficient (Wildman–Crippen LogP) is 1.38. The van der Waals surface area contributed by atoms with Gasteiger partial charge in [-0.25, -0.2) is 0 Å². The third-order valence-electron chi connectivity index (χ3n) is 4.82. The molecule has 1 aromatic rings. The summed E-state index contributed by atoms with van der Waals surface area (Å²) < 4.78 is 5.08. The molecule has 8 heteroatoms. The molecule has 0 unspecified atom stereocenters. The van der Waals surface area contributed by atoms with Crippen molar-refractivity contribution in [1.82, 2.24) is 4.90 Å². The number of imide groups is 1. The first-order valence-corrected chi connectivity index (χ1v) is 8.91. The van der Waals surface area contributed by atoms with E-state index in [1.165, 1.54) is 13.0 Å². The van der Waals surface area contributed by atoms with Crippen molar-refractivity contribution in [3.63, 3.8) is 0 Å². The Kier molecular flexibility index (Phi) is 5.54. The summed E-state index contributed by atoms with van der Waals surface area (Å²) in [6, 6.07) is 8.26. The van der Waals surface area contributed by atoms with E-state index in [0.717, 1.165) is 4.90 Å². The summed E-state index contributed by atoms with van der Waals surface area (Å²) in [5, 5.41) is 11.4. The molecule has 1 aliphatic carbocycles. The van der Waals surface area contributed by atoms with Crippen LogP contribution in [0.1, 0.15) is 25.3 Å². The second-order valence-electron chi connectivity index (χ2n) is 6.73. The van der Waals surface area contributed by atoms with Crippen LogP contribution in [0, 0.1) is 23.2 Å². The van der Waals surface area contributed by atoms with Gasteiger partial charge in [-0.05, 0) is 38.0 Å². The Morgan fingerprint density at radius 3 is 2.50 bits per heavy atom. The SMILES string of the molecule is C[C@@H](OC(=O)CN1C(=O)[C@H]2CC=CC[C@@H]2C1=O)C(=O)Nc1cccc(C#N)c1. The number of esters is 1. The molecule has 0 spiro atoms. The molecule has 1 fully saturated rings. The van der Waals surface area contributed by atoms with Gasteiger partial charge in [0, 0.05) is 5.69 Å². The zero-order valence-electron chi connectivity index (χ0n) is 15.3. The fourth-order valence-corrected chi connectivity index (χ4v) is 3.35. The first kappa shape index (κ1) is 19.3. The molecule has 3 atom stereocenters. The van der Waals surface area contributed by atoms with E-state index < -0.39 is 36.4 Å². The molecule has 144 valence electrons. The monoisotopic (exact) mass is 381 g/mol. The summed E-state index contributed by atoms with van der Waals surface area (Å²) in [7, 11) is 0. The number of carbonyl (C=O) groups excluding carboxylic acids is 4. The average molecular weight is 381 g/mol. The molecule has 0 saturated carbocycles. The van der Waals surface area contributed by atoms with Gasteiger partial charge in [0.25, 0.3) is 5.91 Å². The highest BCUT2D eigenvalue weighted by Crippen LogP contribution is 2.34. The Morgan fingerprint density at radius 2 is 1.89 bits per heavy atom. The molecule has 1 N–H and O–H groups in total. The molecule has 0 bridgehead atoms. The number of rotatable bonds is 5. The number of ether oxygens (including phenoxy) is 1. The Balaban J connectivity index is 1.55. The Bertz CT molecular complexity index is 875. The Hall–Kier alpha value is -3.47. The quantitative estimate of drug-likeness (QED) is 0.468. The van der Waals surface area contributed by atoms with Crippen molar-refractivity contribution in [2.45, 2.75) is 25.9 Å². The lowest BCUT2D eigenvalue weighted by molar-refractivity contribution is -0.158. The highest BCUT2D eigenvalue weighted by atomic mass is 16.5. The smallest absolute Gasteiger partial charge is 0.326 e. The first-order chi connectivity index (χ1) is 13.4. The Morgan fingerprint density at radius 1 is 1.25 bits per heavy atom. The van der Waals surface area contributed by atoms with Gasteiger partial charge in [-0.15, -0.1) is 0 Å². The highest BCUT2D eigenvalue weighted by Gasteiger charge is 2.47. The standard InChI is InChI=1S/C20H19N3O5/c1-12(18(25)22-14-6-4-5-13(9-14)10-21)28-17(24)11-23-19(26)15-7-2-3-8-16(15)20(23)27/h2-6,9,12,15-16H,7-8,11H2,1H3,(H,22,25)/t12-,15+,16+/m1/s1. The number of likely N-dealkylation sites (tertiary alicyclic amines) is 1. The van der Waals surface area contributed by atoms with E-state index in [1.807, 2.05) is 18.2 Å². The number of amides is 3. The fraction of sp³-hybridized carbons (Fsp3) is 0.350. The molecule has 1 saturated heterocycles. The molecule has 1 aromatic carbocycles. The first-order valence-electron chi connectivity index (χ1n) is 8.91. The Labute approximate surface area is 161 Å². The molecular formula is C20H19N3O5. The van der Waals surface area contributed by atoms with Gasteiger partial charge in [0.15, 0.2) is 6.10 Å². The molecule has 28 heavy (non-hydrogen) atoms. The molecule has 1 aliphatic heterocycles. The van der Waals surface area contributed by atoms with Crippen LogP contribution in [-0.2, 0) is 23.9 Å². The van der Waals surface area contributed by atoms with Crippen LogP contribution < -0.4 is 5.32 Å². The minimum Gasteiger partial charge on any atom is -0.451 e. The van der Waals surface area contributed by atoms with E-state index in [9.17, 15) is 19.2 Å². The van der Waals surface area contributed by atoms with Gasteiger partial charge in [-0.2, -0.15) is 5.26 Å². The molecule has 0 radical (unpaired) electrons. The van der Waals surface area contributed by atoms with E-state index in [2.05, 4.69) is 5.32 Å². The second kappa shape index (κ2) is 8.05. The molecule has 2 aliphatic rings. The van der Waals surface area contributed by atoms with E-state index in [-0.39, 0.29) is 11.8 Å². The van der Waals surface area contributed by atoms with Gasteiger partial charge in [0.05, 0.1) is 23.5 Å². The van der Waals surface area contributed by atoms with Gasteiger partial charge in [-0.1, -0.05) is 18.2 Å². The maximum atomic E-state index is 12.4. The third kappa shape index (κ3) is 3.93. The van der Waals surface area contributed by atoms with E-state index in [4.69, 9.17) is 10.00 Å². The minimum atomic E-state index is -1.13. The van der Waals surface area contributed by atoms with E-state index in [1.54, 1.807) is 18.2 Å². The molecule has 1 heterocycles. The van der Waals surface area contributed by atoms with Crippen LogP contribution in [0.2, 0.25) is 0 Å². The second-order valence-corrected chi connectivity index (χ2v) is 6.73. The van der Waals surface area contributed by atoms with Crippen LogP contribution in [0.15, 0.2) is 36.4 Å². The number of allylic oxidation sites excluding steroid dienone is 2. The fourth-order valence-electron chi connectivity index (χ4n) is 3.35. The van der Waals surface area contributed by atoms with Crippen LogP contribution >= 0.6 is 0 Å². The van der Waals surface area contributed by atoms with Crippen LogP contribution in [0.3, 0.4) is 0 Å². The number of hydrogen-bond acceptors (Lipinski definition) is 6. The summed E-state index contributed by atoms with van der Waals surface area (Å²) >= 11 is 0.